The van der Waals surface area contributed by atoms with Crippen molar-refractivity contribution >= 4 is 0 Å². The zero-order valence-corrected chi connectivity index (χ0v) is 12.2. The van der Waals surface area contributed by atoms with Crippen molar-refractivity contribution in [3.63, 3.8) is 0 Å². The molecule has 0 aromatic heterocycles. The van der Waals surface area contributed by atoms with E-state index in [1.165, 1.54) is 12.1 Å². The van der Waals surface area contributed by atoms with E-state index in [1.54, 1.807) is 13.8 Å². The second kappa shape index (κ2) is 5.89. The summed E-state index contributed by atoms with van der Waals surface area (Å²) < 4.78 is 77.3. The van der Waals surface area contributed by atoms with Crippen LogP contribution in [0.4, 0.5) is 26.3 Å². The maximum absolute atomic E-state index is 12.9. The van der Waals surface area contributed by atoms with Crippen LogP contribution in [0.5, 0.6) is 0 Å². The van der Waals surface area contributed by atoms with E-state index in [0.717, 1.165) is 11.6 Å². The van der Waals surface area contributed by atoms with Gasteiger partial charge in [0, 0.05) is 0 Å². The molecule has 1 rings (SSSR count). The normalized spacial score (nSPS) is 13.6. The summed E-state index contributed by atoms with van der Waals surface area (Å²) in [6.45, 7) is 6.85. The Bertz CT molecular complexity index is 468. The summed E-state index contributed by atoms with van der Waals surface area (Å²) in [6.07, 6.45) is -10.7. The summed E-state index contributed by atoms with van der Waals surface area (Å²) in [4.78, 5) is 0. The molecular formula is C15H18F6. The highest BCUT2D eigenvalue weighted by Gasteiger charge is 2.58. The van der Waals surface area contributed by atoms with Gasteiger partial charge in [-0.25, -0.2) is 0 Å². The Hall–Kier alpha value is -1.20. The zero-order chi connectivity index (χ0) is 16.6. The van der Waals surface area contributed by atoms with Gasteiger partial charge in [-0.15, -0.1) is 0 Å². The molecule has 0 spiro atoms. The Labute approximate surface area is 120 Å². The third-order valence-corrected chi connectivity index (χ3v) is 3.37. The van der Waals surface area contributed by atoms with Crippen LogP contribution in [-0.4, -0.2) is 12.4 Å². The second-order valence-electron chi connectivity index (χ2n) is 5.71. The Kier molecular flexibility index (Phi) is 5.01. The first-order valence-electron chi connectivity index (χ1n) is 6.62. The van der Waals surface area contributed by atoms with Crippen molar-refractivity contribution in [2.45, 2.75) is 57.8 Å². The van der Waals surface area contributed by atoms with Crippen LogP contribution in [0.1, 0.15) is 62.1 Å². The molecule has 0 nitrogen and oxygen atoms in total. The van der Waals surface area contributed by atoms with Gasteiger partial charge in [-0.1, -0.05) is 45.9 Å². The van der Waals surface area contributed by atoms with E-state index in [9.17, 15) is 26.3 Å². The second-order valence-corrected chi connectivity index (χ2v) is 5.71. The molecule has 0 fully saturated rings. The molecule has 0 radical (unpaired) electrons. The van der Waals surface area contributed by atoms with Crippen LogP contribution >= 0.6 is 0 Å². The van der Waals surface area contributed by atoms with Gasteiger partial charge in [0.05, 0.1) is 0 Å². The van der Waals surface area contributed by atoms with Gasteiger partial charge in [-0.3, -0.25) is 0 Å². The smallest absolute Gasteiger partial charge is 0.170 e. The van der Waals surface area contributed by atoms with E-state index >= 15 is 0 Å². The van der Waals surface area contributed by atoms with Crippen molar-refractivity contribution in [3.8, 4) is 0 Å². The zero-order valence-electron chi connectivity index (χ0n) is 12.2. The first-order valence-corrected chi connectivity index (χ1v) is 6.62. The molecule has 0 atom stereocenters. The summed E-state index contributed by atoms with van der Waals surface area (Å²) in [7, 11) is 0. The predicted molar refractivity (Wildman–Crippen MR) is 69.5 cm³/mol. The van der Waals surface area contributed by atoms with Gasteiger partial charge in [0.15, 0.2) is 5.92 Å². The topological polar surface area (TPSA) is 0 Å². The number of hydrogen-bond acceptors (Lipinski definition) is 0. The molecule has 0 amide bonds. The average Bonchev–Trinajstić information content (AvgIpc) is 2.24. The summed E-state index contributed by atoms with van der Waals surface area (Å²) >= 11 is 0. The number of benzene rings is 1. The lowest BCUT2D eigenvalue weighted by Crippen LogP contribution is -2.35. The van der Waals surface area contributed by atoms with Gasteiger partial charge < -0.3 is 0 Å². The Balaban J connectivity index is 3.52. The number of hydrogen-bond donors (Lipinski definition) is 0. The van der Waals surface area contributed by atoms with Crippen molar-refractivity contribution in [2.75, 3.05) is 0 Å². The third kappa shape index (κ3) is 4.14. The van der Waals surface area contributed by atoms with E-state index in [4.69, 9.17) is 0 Å². The summed E-state index contributed by atoms with van der Waals surface area (Å²) in [5.41, 5.74) is 0.126. The summed E-state index contributed by atoms with van der Waals surface area (Å²) in [6, 6.07) is 3.77. The molecule has 1 aromatic rings. The van der Waals surface area contributed by atoms with Gasteiger partial charge in [0.25, 0.3) is 0 Å². The third-order valence-electron chi connectivity index (χ3n) is 3.37. The molecule has 0 aliphatic heterocycles. The standard InChI is InChI=1S/C15H18F6/c1-8(2)10-5-6-11(12(7-10)9(3)4)13(14(16,17)18)15(19,20)21/h5-9,13H,1-4H3. The van der Waals surface area contributed by atoms with E-state index in [-0.39, 0.29) is 11.5 Å². The largest absolute Gasteiger partial charge is 0.404 e. The monoisotopic (exact) mass is 312 g/mol. The van der Waals surface area contributed by atoms with Crippen LogP contribution < -0.4 is 0 Å². The van der Waals surface area contributed by atoms with Gasteiger partial charge in [0.2, 0.25) is 0 Å². The molecule has 0 saturated carbocycles. The highest BCUT2D eigenvalue weighted by Crippen LogP contribution is 2.48. The quantitative estimate of drug-likeness (QED) is 0.588. The first kappa shape index (κ1) is 17.9. The Morgan fingerprint density at radius 1 is 0.714 bits per heavy atom. The van der Waals surface area contributed by atoms with Crippen LogP contribution in [-0.2, 0) is 0 Å². The molecule has 21 heavy (non-hydrogen) atoms. The van der Waals surface area contributed by atoms with E-state index < -0.39 is 29.8 Å². The van der Waals surface area contributed by atoms with Crippen LogP contribution in [0.15, 0.2) is 18.2 Å². The number of halogens is 6. The highest BCUT2D eigenvalue weighted by molar-refractivity contribution is 5.39. The fourth-order valence-electron chi connectivity index (χ4n) is 2.25. The van der Waals surface area contributed by atoms with Gasteiger partial charge in [-0.05, 0) is 28.5 Å². The van der Waals surface area contributed by atoms with Gasteiger partial charge in [0.1, 0.15) is 0 Å². The molecule has 0 N–H and O–H groups in total. The maximum Gasteiger partial charge on any atom is 0.404 e. The summed E-state index contributed by atoms with van der Waals surface area (Å²) in [5.74, 6) is -3.83. The predicted octanol–water partition coefficient (Wildman–Crippen LogP) is 6.14. The van der Waals surface area contributed by atoms with Crippen molar-refractivity contribution < 1.29 is 26.3 Å². The first-order chi connectivity index (χ1) is 9.35. The van der Waals surface area contributed by atoms with E-state index in [2.05, 4.69) is 0 Å². The molecule has 0 aliphatic carbocycles. The van der Waals surface area contributed by atoms with E-state index in [0.29, 0.717) is 0 Å². The SMILES string of the molecule is CC(C)c1ccc(C(C(F)(F)F)C(F)(F)F)c(C(C)C)c1. The molecule has 0 heterocycles. The highest BCUT2D eigenvalue weighted by atomic mass is 19.4. The molecule has 6 heteroatoms. The van der Waals surface area contributed by atoms with Crippen molar-refractivity contribution in [1.29, 1.82) is 0 Å². The molecule has 120 valence electrons. The van der Waals surface area contributed by atoms with E-state index in [1.807, 2.05) is 13.8 Å². The summed E-state index contributed by atoms with van der Waals surface area (Å²) in [5, 5.41) is 0. The van der Waals surface area contributed by atoms with Crippen LogP contribution in [0, 0.1) is 0 Å². The average molecular weight is 312 g/mol. The molecule has 1 aromatic carbocycles. The minimum absolute atomic E-state index is 0.0340. The van der Waals surface area contributed by atoms with Crippen LogP contribution in [0.2, 0.25) is 0 Å². The Morgan fingerprint density at radius 3 is 1.52 bits per heavy atom. The molecule has 0 saturated heterocycles. The van der Waals surface area contributed by atoms with Crippen molar-refractivity contribution in [1.82, 2.24) is 0 Å². The minimum Gasteiger partial charge on any atom is -0.170 e. The van der Waals surface area contributed by atoms with Gasteiger partial charge in [-0.2, -0.15) is 26.3 Å². The van der Waals surface area contributed by atoms with Crippen LogP contribution in [0.3, 0.4) is 0 Å². The lowest BCUT2D eigenvalue weighted by molar-refractivity contribution is -0.253. The Morgan fingerprint density at radius 2 is 1.19 bits per heavy atom. The van der Waals surface area contributed by atoms with Crippen molar-refractivity contribution in [2.24, 2.45) is 0 Å². The molecular weight excluding hydrogens is 294 g/mol. The fraction of sp³-hybridized carbons (Fsp3) is 0.600. The molecule has 0 bridgehead atoms. The molecule has 0 aliphatic rings. The van der Waals surface area contributed by atoms with Crippen LogP contribution in [0.25, 0.3) is 0 Å². The fourth-order valence-corrected chi connectivity index (χ4v) is 2.25. The van der Waals surface area contributed by atoms with Gasteiger partial charge >= 0.3 is 12.4 Å². The maximum atomic E-state index is 12.9. The van der Waals surface area contributed by atoms with Crippen molar-refractivity contribution in [3.05, 3.63) is 34.9 Å². The minimum atomic E-state index is -5.36. The number of alkyl halides is 6. The lowest BCUT2D eigenvalue weighted by atomic mass is 9.85. The number of rotatable bonds is 3. The lowest BCUT2D eigenvalue weighted by Gasteiger charge is -2.27. The molecule has 0 unspecified atom stereocenters.